The first kappa shape index (κ1) is 19.1. The van der Waals surface area contributed by atoms with Crippen molar-refractivity contribution in [2.24, 2.45) is 5.73 Å². The molecular weight excluding hydrogens is 342 g/mol. The number of anilines is 1. The molecule has 2 amide bonds. The van der Waals surface area contributed by atoms with Crippen LogP contribution in [0.3, 0.4) is 0 Å². The lowest BCUT2D eigenvalue weighted by molar-refractivity contribution is -0.121. The van der Waals surface area contributed by atoms with Crippen LogP contribution in [0.1, 0.15) is 48.2 Å². The molecule has 1 heterocycles. The Morgan fingerprint density at radius 2 is 1.74 bits per heavy atom. The summed E-state index contributed by atoms with van der Waals surface area (Å²) in [5.41, 5.74) is 13.9. The number of nitrogens with two attached hydrogens (primary N) is 2. The summed E-state index contributed by atoms with van der Waals surface area (Å²) in [6.45, 7) is 2.17. The first-order chi connectivity index (χ1) is 13.0. The molecule has 0 saturated heterocycles. The van der Waals surface area contributed by atoms with E-state index in [0.717, 1.165) is 36.6 Å². The second-order valence-corrected chi connectivity index (χ2v) is 7.13. The van der Waals surface area contributed by atoms with Gasteiger partial charge < -0.3 is 22.1 Å². The maximum Gasteiger partial charge on any atom is 0.254 e. The second kappa shape index (κ2) is 8.35. The fourth-order valence-electron chi connectivity index (χ4n) is 3.66. The molecule has 1 aliphatic rings. The van der Waals surface area contributed by atoms with Gasteiger partial charge in [-0.25, -0.2) is 0 Å². The van der Waals surface area contributed by atoms with Crippen molar-refractivity contribution in [3.8, 4) is 0 Å². The van der Waals surface area contributed by atoms with E-state index in [0.29, 0.717) is 29.9 Å². The van der Waals surface area contributed by atoms with Crippen LogP contribution < -0.4 is 22.1 Å². The topological polar surface area (TPSA) is 123 Å². The van der Waals surface area contributed by atoms with Crippen molar-refractivity contribution in [3.63, 3.8) is 0 Å². The molecule has 0 unspecified atom stereocenters. The molecule has 0 atom stereocenters. The highest BCUT2D eigenvalue weighted by Gasteiger charge is 2.25. The highest BCUT2D eigenvalue weighted by molar-refractivity contribution is 6.10. The largest absolute Gasteiger partial charge is 0.397 e. The molecule has 7 heteroatoms. The third-order valence-electron chi connectivity index (χ3n) is 5.15. The molecule has 27 heavy (non-hydrogen) atoms. The van der Waals surface area contributed by atoms with Gasteiger partial charge in [0.2, 0.25) is 5.91 Å². The molecule has 1 fully saturated rings. The molecule has 6 N–H and O–H groups in total. The minimum Gasteiger partial charge on any atom is -0.397 e. The van der Waals surface area contributed by atoms with E-state index in [2.05, 4.69) is 15.6 Å². The molecule has 0 radical (unpaired) electrons. The smallest absolute Gasteiger partial charge is 0.254 e. The van der Waals surface area contributed by atoms with Crippen molar-refractivity contribution in [1.82, 2.24) is 15.6 Å². The minimum atomic E-state index is -0.162. The number of rotatable bonds is 5. The Morgan fingerprint density at radius 1 is 1.11 bits per heavy atom. The number of hydrogen-bond acceptors (Lipinski definition) is 5. The van der Waals surface area contributed by atoms with Gasteiger partial charge in [0.05, 0.1) is 22.5 Å². The molecule has 2 aromatic rings. The number of carbonyl (C=O) groups excluding carboxylic acids is 2. The average Bonchev–Trinajstić information content (AvgIpc) is 2.64. The summed E-state index contributed by atoms with van der Waals surface area (Å²) in [6, 6.07) is 7.76. The van der Waals surface area contributed by atoms with Crippen molar-refractivity contribution in [2.75, 3.05) is 12.3 Å². The number of amides is 2. The van der Waals surface area contributed by atoms with Crippen LogP contribution in [0, 0.1) is 6.92 Å². The Kier molecular flexibility index (Phi) is 5.91. The Balaban J connectivity index is 1.66. The molecule has 0 bridgehead atoms. The van der Waals surface area contributed by atoms with Crippen molar-refractivity contribution in [3.05, 3.63) is 35.5 Å². The van der Waals surface area contributed by atoms with Crippen molar-refractivity contribution in [1.29, 1.82) is 0 Å². The maximum atomic E-state index is 12.9. The zero-order chi connectivity index (χ0) is 19.4. The van der Waals surface area contributed by atoms with Crippen LogP contribution >= 0.6 is 0 Å². The van der Waals surface area contributed by atoms with E-state index in [9.17, 15) is 9.59 Å². The molecular formula is C20H27N5O2. The zero-order valence-electron chi connectivity index (χ0n) is 15.6. The molecule has 7 nitrogen and oxygen atoms in total. The Hall–Kier alpha value is -2.67. The van der Waals surface area contributed by atoms with Crippen LogP contribution in [0.2, 0.25) is 0 Å². The van der Waals surface area contributed by atoms with Gasteiger partial charge in [-0.3, -0.25) is 14.6 Å². The van der Waals surface area contributed by atoms with Crippen LogP contribution in [0.25, 0.3) is 10.9 Å². The number of nitrogen functional groups attached to an aromatic ring is 1. The van der Waals surface area contributed by atoms with Crippen LogP contribution in [0.4, 0.5) is 5.69 Å². The lowest BCUT2D eigenvalue weighted by atomic mass is 9.90. The first-order valence-electron chi connectivity index (χ1n) is 9.44. The summed E-state index contributed by atoms with van der Waals surface area (Å²) in [5.74, 6) is -0.165. The summed E-state index contributed by atoms with van der Waals surface area (Å²) in [7, 11) is 0. The summed E-state index contributed by atoms with van der Waals surface area (Å²) < 4.78 is 0. The number of benzene rings is 1. The first-order valence-corrected chi connectivity index (χ1v) is 9.44. The summed E-state index contributed by atoms with van der Waals surface area (Å²) >= 11 is 0. The number of carbonyl (C=O) groups is 2. The predicted molar refractivity (Wildman–Crippen MR) is 106 cm³/mol. The normalized spacial score (nSPS) is 19.6. The molecule has 1 saturated carbocycles. The van der Waals surface area contributed by atoms with Gasteiger partial charge in [0.15, 0.2) is 0 Å². The van der Waals surface area contributed by atoms with Crippen LogP contribution in [-0.4, -0.2) is 35.4 Å². The number of pyridine rings is 1. The van der Waals surface area contributed by atoms with Crippen LogP contribution in [0.15, 0.2) is 24.3 Å². The van der Waals surface area contributed by atoms with Crippen LogP contribution in [-0.2, 0) is 4.79 Å². The molecule has 1 aromatic heterocycles. The number of nitrogens with one attached hydrogen (secondary N) is 2. The molecule has 1 aromatic carbocycles. The number of hydrogen-bond donors (Lipinski definition) is 4. The Morgan fingerprint density at radius 3 is 2.41 bits per heavy atom. The van der Waals surface area contributed by atoms with Gasteiger partial charge in [-0.2, -0.15) is 0 Å². The monoisotopic (exact) mass is 369 g/mol. The van der Waals surface area contributed by atoms with Gasteiger partial charge in [0, 0.05) is 30.4 Å². The van der Waals surface area contributed by atoms with Crippen molar-refractivity contribution < 1.29 is 9.59 Å². The predicted octanol–water partition coefficient (Wildman–Crippen LogP) is 1.63. The quantitative estimate of drug-likeness (QED) is 0.638. The van der Waals surface area contributed by atoms with E-state index >= 15 is 0 Å². The third kappa shape index (κ3) is 4.36. The number of para-hydroxylation sites is 1. The van der Waals surface area contributed by atoms with Crippen LogP contribution in [0.5, 0.6) is 0 Å². The van der Waals surface area contributed by atoms with Crippen molar-refractivity contribution in [2.45, 2.75) is 51.1 Å². The van der Waals surface area contributed by atoms with Gasteiger partial charge in [0.1, 0.15) is 0 Å². The van der Waals surface area contributed by atoms with E-state index < -0.39 is 0 Å². The number of aromatic nitrogens is 1. The molecule has 1 aliphatic carbocycles. The Bertz CT molecular complexity index is 844. The summed E-state index contributed by atoms with van der Waals surface area (Å²) in [4.78, 5) is 29.1. The van der Waals surface area contributed by atoms with E-state index in [4.69, 9.17) is 11.5 Å². The summed E-state index contributed by atoms with van der Waals surface area (Å²) in [5, 5.41) is 6.89. The SMILES string of the molecule is Cc1nc2ccccc2c(C(=O)NC2CCC(NC(=O)CCN)CC2)c1N. The molecule has 144 valence electrons. The van der Waals surface area contributed by atoms with Gasteiger partial charge in [-0.15, -0.1) is 0 Å². The molecule has 0 aliphatic heterocycles. The highest BCUT2D eigenvalue weighted by atomic mass is 16.2. The van der Waals surface area contributed by atoms with Gasteiger partial charge in [-0.05, 0) is 38.7 Å². The zero-order valence-corrected chi connectivity index (χ0v) is 15.6. The molecule has 3 rings (SSSR count). The maximum absolute atomic E-state index is 12.9. The lowest BCUT2D eigenvalue weighted by Crippen LogP contribution is -2.44. The Labute approximate surface area is 158 Å². The van der Waals surface area contributed by atoms with E-state index in [1.165, 1.54) is 0 Å². The highest BCUT2D eigenvalue weighted by Crippen LogP contribution is 2.26. The standard InChI is InChI=1S/C20H27N5O2/c1-12-19(22)18(15-4-2-3-5-16(15)23-12)20(27)25-14-8-6-13(7-9-14)24-17(26)10-11-21/h2-5,13-14H,6-11,21-22H2,1H3,(H,24,26)(H,25,27). The number of fused-ring (bicyclic) bond motifs is 1. The third-order valence-corrected chi connectivity index (χ3v) is 5.15. The van der Waals surface area contributed by atoms with E-state index in [-0.39, 0.29) is 23.9 Å². The lowest BCUT2D eigenvalue weighted by Gasteiger charge is -2.30. The summed E-state index contributed by atoms with van der Waals surface area (Å²) in [6.07, 6.45) is 3.67. The second-order valence-electron chi connectivity index (χ2n) is 7.13. The van der Waals surface area contributed by atoms with E-state index in [1.807, 2.05) is 31.2 Å². The van der Waals surface area contributed by atoms with Gasteiger partial charge >= 0.3 is 0 Å². The van der Waals surface area contributed by atoms with Gasteiger partial charge in [-0.1, -0.05) is 18.2 Å². The number of aryl methyl sites for hydroxylation is 1. The van der Waals surface area contributed by atoms with Crippen molar-refractivity contribution >= 4 is 28.4 Å². The van der Waals surface area contributed by atoms with Gasteiger partial charge in [0.25, 0.3) is 5.91 Å². The average molecular weight is 369 g/mol. The number of nitrogens with zero attached hydrogens (tertiary/aromatic N) is 1. The van der Waals surface area contributed by atoms with E-state index in [1.54, 1.807) is 0 Å². The fourth-order valence-corrected chi connectivity index (χ4v) is 3.66. The molecule has 0 spiro atoms. The minimum absolute atomic E-state index is 0.00325. The fraction of sp³-hybridized carbons (Fsp3) is 0.450.